The first-order valence-electron chi connectivity index (χ1n) is 10.2. The Hall–Kier alpha value is -3.79. The SMILES string of the molecule is COc1ncc2c(O[C@@H]3CCNC3)ccc(C(=O)Nc3cc(F)c4nn(C)cc4c3)c2n1. The van der Waals surface area contributed by atoms with Crippen LogP contribution in [-0.2, 0) is 7.05 Å². The van der Waals surface area contributed by atoms with Gasteiger partial charge in [-0.05, 0) is 37.2 Å². The van der Waals surface area contributed by atoms with Gasteiger partial charge in [-0.25, -0.2) is 9.37 Å². The highest BCUT2D eigenvalue weighted by Gasteiger charge is 2.21. The molecule has 1 atom stereocenters. The number of ether oxygens (including phenoxy) is 2. The second-order valence-corrected chi connectivity index (χ2v) is 7.62. The van der Waals surface area contributed by atoms with Crippen LogP contribution >= 0.6 is 0 Å². The Kier molecular flexibility index (Phi) is 5.06. The standard InChI is InChI=1S/C22H21FN6O3/c1-29-11-12-7-13(8-17(23)19(12)28-29)26-21(30)15-3-4-18(32-14-5-6-24-9-14)16-10-25-22(31-2)27-20(15)16/h3-4,7-8,10-11,14,24H,5-6,9H2,1-2H3,(H,26,30)/t14-/m1/s1. The number of halogens is 1. The van der Waals surface area contributed by atoms with Gasteiger partial charge in [0.05, 0.1) is 23.6 Å². The van der Waals surface area contributed by atoms with Gasteiger partial charge >= 0.3 is 6.01 Å². The number of nitrogens with zero attached hydrogens (tertiary/aromatic N) is 4. The van der Waals surface area contributed by atoms with Crippen molar-refractivity contribution in [3.8, 4) is 11.8 Å². The molecule has 1 fully saturated rings. The largest absolute Gasteiger partial charge is 0.488 e. The van der Waals surface area contributed by atoms with Gasteiger partial charge < -0.3 is 20.1 Å². The Balaban J connectivity index is 1.51. The first-order valence-corrected chi connectivity index (χ1v) is 10.2. The minimum atomic E-state index is -0.513. The van der Waals surface area contributed by atoms with Crippen LogP contribution in [0.25, 0.3) is 21.8 Å². The maximum absolute atomic E-state index is 14.4. The molecule has 1 aliphatic rings. The molecule has 5 rings (SSSR count). The van der Waals surface area contributed by atoms with Crippen LogP contribution in [0.1, 0.15) is 16.8 Å². The van der Waals surface area contributed by atoms with Crippen molar-refractivity contribution in [3.05, 3.63) is 48.0 Å². The van der Waals surface area contributed by atoms with Gasteiger partial charge in [-0.2, -0.15) is 10.1 Å². The summed E-state index contributed by atoms with van der Waals surface area (Å²) >= 11 is 0. The van der Waals surface area contributed by atoms with Crippen molar-refractivity contribution < 1.29 is 18.7 Å². The fourth-order valence-electron chi connectivity index (χ4n) is 3.85. The second kappa shape index (κ2) is 8.04. The number of hydrogen-bond donors (Lipinski definition) is 2. The molecule has 0 unspecified atom stereocenters. The lowest BCUT2D eigenvalue weighted by molar-refractivity contribution is 0.102. The van der Waals surface area contributed by atoms with E-state index < -0.39 is 11.7 Å². The first kappa shape index (κ1) is 20.1. The summed E-state index contributed by atoms with van der Waals surface area (Å²) < 4.78 is 27.2. The first-order chi connectivity index (χ1) is 15.5. The molecule has 10 heteroatoms. The number of benzene rings is 2. The molecule has 0 bridgehead atoms. The molecular weight excluding hydrogens is 415 g/mol. The monoisotopic (exact) mass is 436 g/mol. The summed E-state index contributed by atoms with van der Waals surface area (Å²) in [5, 5.41) is 11.3. The summed E-state index contributed by atoms with van der Waals surface area (Å²) in [6, 6.07) is 6.42. The average molecular weight is 436 g/mol. The van der Waals surface area contributed by atoms with Crippen LogP contribution in [-0.4, -0.2) is 52.0 Å². The van der Waals surface area contributed by atoms with Crippen molar-refractivity contribution in [1.82, 2.24) is 25.1 Å². The second-order valence-electron chi connectivity index (χ2n) is 7.62. The minimum absolute atomic E-state index is 0.0363. The molecule has 4 aromatic rings. The normalized spacial score (nSPS) is 15.9. The third-order valence-electron chi connectivity index (χ3n) is 5.36. The lowest BCUT2D eigenvalue weighted by Gasteiger charge is -2.16. The number of hydrogen-bond acceptors (Lipinski definition) is 7. The van der Waals surface area contributed by atoms with Crippen molar-refractivity contribution in [1.29, 1.82) is 0 Å². The quantitative estimate of drug-likeness (QED) is 0.496. The molecule has 0 saturated carbocycles. The molecule has 0 radical (unpaired) electrons. The van der Waals surface area contributed by atoms with E-state index in [-0.39, 0.29) is 17.6 Å². The Morgan fingerprint density at radius 3 is 2.97 bits per heavy atom. The van der Waals surface area contributed by atoms with Crippen molar-refractivity contribution >= 4 is 33.4 Å². The highest BCUT2D eigenvalue weighted by Crippen LogP contribution is 2.30. The predicted molar refractivity (Wildman–Crippen MR) is 117 cm³/mol. The summed E-state index contributed by atoms with van der Waals surface area (Å²) in [4.78, 5) is 21.7. The molecule has 1 saturated heterocycles. The number of carbonyl (C=O) groups is 1. The lowest BCUT2D eigenvalue weighted by atomic mass is 10.1. The van der Waals surface area contributed by atoms with Crippen molar-refractivity contribution in [3.63, 3.8) is 0 Å². The number of methoxy groups -OCH3 is 1. The Morgan fingerprint density at radius 1 is 1.31 bits per heavy atom. The summed E-state index contributed by atoms with van der Waals surface area (Å²) in [6.07, 6.45) is 4.19. The number of rotatable bonds is 5. The van der Waals surface area contributed by atoms with Gasteiger partial charge in [-0.3, -0.25) is 9.48 Å². The number of nitrogens with one attached hydrogen (secondary N) is 2. The fourth-order valence-corrected chi connectivity index (χ4v) is 3.85. The molecule has 0 aliphatic carbocycles. The zero-order valence-corrected chi connectivity index (χ0v) is 17.6. The average Bonchev–Trinajstić information content (AvgIpc) is 3.42. The number of carbonyl (C=O) groups excluding carboxylic acids is 1. The maximum atomic E-state index is 14.4. The molecule has 164 valence electrons. The van der Waals surface area contributed by atoms with E-state index in [4.69, 9.17) is 9.47 Å². The van der Waals surface area contributed by atoms with Gasteiger partial charge in [0.1, 0.15) is 17.4 Å². The highest BCUT2D eigenvalue weighted by molar-refractivity contribution is 6.13. The van der Waals surface area contributed by atoms with Crippen LogP contribution in [0.3, 0.4) is 0 Å². The zero-order valence-electron chi connectivity index (χ0n) is 17.6. The van der Waals surface area contributed by atoms with Gasteiger partial charge in [-0.1, -0.05) is 0 Å². The van der Waals surface area contributed by atoms with Gasteiger partial charge in [-0.15, -0.1) is 0 Å². The van der Waals surface area contributed by atoms with E-state index in [1.165, 1.54) is 17.9 Å². The molecule has 1 amide bonds. The Morgan fingerprint density at radius 2 is 2.19 bits per heavy atom. The van der Waals surface area contributed by atoms with Crippen LogP contribution in [0.15, 0.2) is 36.7 Å². The third kappa shape index (κ3) is 3.69. The highest BCUT2D eigenvalue weighted by atomic mass is 19.1. The van der Waals surface area contributed by atoms with E-state index >= 15 is 0 Å². The Bertz CT molecular complexity index is 1330. The maximum Gasteiger partial charge on any atom is 0.316 e. The van der Waals surface area contributed by atoms with Crippen molar-refractivity contribution in [2.45, 2.75) is 12.5 Å². The minimum Gasteiger partial charge on any atom is -0.488 e. The van der Waals surface area contributed by atoms with Crippen LogP contribution in [0, 0.1) is 5.82 Å². The number of amides is 1. The summed E-state index contributed by atoms with van der Waals surface area (Å²) in [6.45, 7) is 1.65. The summed E-state index contributed by atoms with van der Waals surface area (Å²) in [5.41, 5.74) is 1.25. The molecule has 2 aromatic heterocycles. The topological polar surface area (TPSA) is 103 Å². The lowest BCUT2D eigenvalue weighted by Crippen LogP contribution is -2.20. The van der Waals surface area contributed by atoms with E-state index in [2.05, 4.69) is 25.7 Å². The Labute approximate surface area is 182 Å². The summed E-state index contributed by atoms with van der Waals surface area (Å²) in [7, 11) is 3.17. The van der Waals surface area contributed by atoms with Gasteiger partial charge in [0.2, 0.25) is 0 Å². The molecule has 2 aromatic carbocycles. The molecule has 3 heterocycles. The molecular formula is C22H21FN6O3. The van der Waals surface area contributed by atoms with E-state index in [1.807, 2.05) is 0 Å². The van der Waals surface area contributed by atoms with Crippen molar-refractivity contribution in [2.24, 2.45) is 7.05 Å². The summed E-state index contributed by atoms with van der Waals surface area (Å²) in [5.74, 6) is -0.357. The van der Waals surface area contributed by atoms with E-state index in [1.54, 1.807) is 37.6 Å². The predicted octanol–water partition coefficient (Wildman–Crippen LogP) is 2.66. The van der Waals surface area contributed by atoms with Crippen LogP contribution in [0.5, 0.6) is 11.8 Å². The molecule has 0 spiro atoms. The number of fused-ring (bicyclic) bond motifs is 2. The van der Waals surface area contributed by atoms with E-state index in [9.17, 15) is 9.18 Å². The van der Waals surface area contributed by atoms with Crippen LogP contribution in [0.4, 0.5) is 10.1 Å². The van der Waals surface area contributed by atoms with Gasteiger partial charge in [0.15, 0.2) is 5.82 Å². The number of aryl methyl sites for hydroxylation is 1. The molecule has 1 aliphatic heterocycles. The zero-order chi connectivity index (χ0) is 22.2. The molecule has 2 N–H and O–H groups in total. The molecule has 32 heavy (non-hydrogen) atoms. The fraction of sp³-hybridized carbons (Fsp3) is 0.273. The van der Waals surface area contributed by atoms with E-state index in [0.29, 0.717) is 33.3 Å². The van der Waals surface area contributed by atoms with Crippen molar-refractivity contribution in [2.75, 3.05) is 25.5 Å². The van der Waals surface area contributed by atoms with Gasteiger partial charge in [0, 0.05) is 37.1 Å². The van der Waals surface area contributed by atoms with E-state index in [0.717, 1.165) is 19.5 Å². The van der Waals surface area contributed by atoms with Crippen LogP contribution < -0.4 is 20.1 Å². The smallest absolute Gasteiger partial charge is 0.316 e. The third-order valence-corrected chi connectivity index (χ3v) is 5.36. The number of anilines is 1. The van der Waals surface area contributed by atoms with Crippen LogP contribution in [0.2, 0.25) is 0 Å². The molecule has 9 nitrogen and oxygen atoms in total. The van der Waals surface area contributed by atoms with Gasteiger partial charge in [0.25, 0.3) is 5.91 Å². The number of aromatic nitrogens is 4.